The van der Waals surface area contributed by atoms with E-state index in [2.05, 4.69) is 12.2 Å². The molecule has 0 spiro atoms. The second-order valence-corrected chi connectivity index (χ2v) is 7.72. The molecule has 2 aromatic carbocycles. The summed E-state index contributed by atoms with van der Waals surface area (Å²) in [4.78, 5) is 23.4. The van der Waals surface area contributed by atoms with E-state index in [0.717, 1.165) is 29.5 Å². The van der Waals surface area contributed by atoms with E-state index in [1.165, 1.54) is 4.90 Å². The summed E-state index contributed by atoms with van der Waals surface area (Å²) in [7, 11) is 0. The number of carboxylic acids is 2. The monoisotopic (exact) mass is 414 g/mol. The van der Waals surface area contributed by atoms with Crippen molar-refractivity contribution in [3.63, 3.8) is 0 Å². The summed E-state index contributed by atoms with van der Waals surface area (Å²) in [5, 5.41) is 43.0. The van der Waals surface area contributed by atoms with E-state index in [4.69, 9.17) is 10.2 Å². The molecule has 30 heavy (non-hydrogen) atoms. The third-order valence-corrected chi connectivity index (χ3v) is 5.27. The van der Waals surface area contributed by atoms with Gasteiger partial charge < -0.3 is 25.7 Å². The van der Waals surface area contributed by atoms with Crippen LogP contribution in [0.1, 0.15) is 30.0 Å². The minimum absolute atomic E-state index is 0.124. The molecule has 0 amide bonds. The van der Waals surface area contributed by atoms with Crippen molar-refractivity contribution < 1.29 is 30.0 Å². The van der Waals surface area contributed by atoms with Gasteiger partial charge in [0.05, 0.1) is 13.1 Å². The second-order valence-electron chi connectivity index (χ2n) is 7.72. The summed E-state index contributed by atoms with van der Waals surface area (Å²) in [6.07, 6.45) is 1.84. The third kappa shape index (κ3) is 5.08. The summed E-state index contributed by atoms with van der Waals surface area (Å²) in [5.74, 6) is -3.01. The van der Waals surface area contributed by atoms with E-state index in [9.17, 15) is 19.8 Å². The maximum absolute atomic E-state index is 11.1. The quantitative estimate of drug-likeness (QED) is 0.455. The predicted molar refractivity (Wildman–Crippen MR) is 110 cm³/mol. The number of fused-ring (bicyclic) bond motifs is 4. The van der Waals surface area contributed by atoms with E-state index in [0.29, 0.717) is 12.1 Å². The lowest BCUT2D eigenvalue weighted by atomic mass is 9.92. The number of aliphatic carboxylic acids is 2. The molecule has 2 aromatic rings. The normalized spacial score (nSPS) is 16.1. The average molecular weight is 414 g/mol. The fraction of sp³-hybridized carbons (Fsp3) is 0.364. The van der Waals surface area contributed by atoms with Crippen LogP contribution in [0.25, 0.3) is 11.1 Å². The number of carbonyl (C=O) groups is 2. The first kappa shape index (κ1) is 21.6. The van der Waals surface area contributed by atoms with Crippen LogP contribution >= 0.6 is 0 Å². The van der Waals surface area contributed by atoms with Gasteiger partial charge in [0.1, 0.15) is 0 Å². The highest BCUT2D eigenvalue weighted by Gasteiger charge is 2.23. The van der Waals surface area contributed by atoms with Crippen LogP contribution in [-0.4, -0.2) is 56.4 Å². The number of hydrogen-bond acceptors (Lipinski definition) is 6. The summed E-state index contributed by atoms with van der Waals surface area (Å²) in [6, 6.07) is 9.74. The van der Waals surface area contributed by atoms with Gasteiger partial charge in [-0.15, -0.1) is 0 Å². The van der Waals surface area contributed by atoms with E-state index < -0.39 is 25.0 Å². The Balaban J connectivity index is 2.06. The number of aryl methyl sites for hydroxylation is 1. The molecule has 8 nitrogen and oxygen atoms in total. The molecular formula is C22H26N2O6. The number of phenols is 2. The van der Waals surface area contributed by atoms with Crippen LogP contribution < -0.4 is 5.32 Å². The predicted octanol–water partition coefficient (Wildman–Crippen LogP) is 2.16. The van der Waals surface area contributed by atoms with Crippen molar-refractivity contribution in [2.24, 2.45) is 0 Å². The van der Waals surface area contributed by atoms with Gasteiger partial charge in [-0.2, -0.15) is 0 Å². The first-order valence-electron chi connectivity index (χ1n) is 9.80. The smallest absolute Gasteiger partial charge is 0.317 e. The summed E-state index contributed by atoms with van der Waals surface area (Å²) in [5.41, 5.74) is 3.45. The van der Waals surface area contributed by atoms with Crippen LogP contribution in [0.3, 0.4) is 0 Å². The van der Waals surface area contributed by atoms with Crippen molar-refractivity contribution in [2.45, 2.75) is 38.9 Å². The Kier molecular flexibility index (Phi) is 6.59. The maximum atomic E-state index is 11.1. The largest absolute Gasteiger partial charge is 0.504 e. The van der Waals surface area contributed by atoms with Crippen LogP contribution in [0.15, 0.2) is 30.3 Å². The lowest BCUT2D eigenvalue weighted by molar-refractivity contribution is -0.142. The second kappa shape index (κ2) is 9.15. The number of rotatable bonds is 6. The van der Waals surface area contributed by atoms with Crippen molar-refractivity contribution in [1.82, 2.24) is 10.2 Å². The fourth-order valence-corrected chi connectivity index (χ4v) is 3.80. The van der Waals surface area contributed by atoms with Gasteiger partial charge in [0, 0.05) is 30.3 Å². The number of nitrogens with zero attached hydrogens (tertiary/aromatic N) is 1. The number of benzene rings is 2. The van der Waals surface area contributed by atoms with Gasteiger partial charge >= 0.3 is 11.9 Å². The van der Waals surface area contributed by atoms with Gasteiger partial charge in [0.25, 0.3) is 0 Å². The fourth-order valence-electron chi connectivity index (χ4n) is 3.80. The van der Waals surface area contributed by atoms with Gasteiger partial charge in [-0.1, -0.05) is 24.3 Å². The molecule has 0 saturated heterocycles. The molecule has 0 aromatic heterocycles. The number of carboxylic acid groups (broad SMARTS) is 2. The maximum Gasteiger partial charge on any atom is 0.317 e. The molecule has 160 valence electrons. The van der Waals surface area contributed by atoms with Crippen LogP contribution in [0, 0.1) is 0 Å². The van der Waals surface area contributed by atoms with E-state index >= 15 is 0 Å². The Hall–Kier alpha value is -3.10. The van der Waals surface area contributed by atoms with Crippen LogP contribution in [0.4, 0.5) is 0 Å². The van der Waals surface area contributed by atoms with Gasteiger partial charge in [0.2, 0.25) is 0 Å². The molecule has 1 heterocycles. The molecule has 2 bridgehead atoms. The van der Waals surface area contributed by atoms with Crippen molar-refractivity contribution in [3.8, 4) is 22.6 Å². The molecule has 1 unspecified atom stereocenters. The van der Waals surface area contributed by atoms with Gasteiger partial charge in [0.15, 0.2) is 11.5 Å². The zero-order chi connectivity index (χ0) is 21.8. The van der Waals surface area contributed by atoms with Gasteiger partial charge in [-0.25, -0.2) is 0 Å². The topological polar surface area (TPSA) is 130 Å². The van der Waals surface area contributed by atoms with Crippen molar-refractivity contribution in [3.05, 3.63) is 47.0 Å². The highest BCUT2D eigenvalue weighted by atomic mass is 16.4. The molecule has 0 saturated carbocycles. The number of hydrogen-bond donors (Lipinski definition) is 5. The molecule has 5 N–H and O–H groups in total. The third-order valence-electron chi connectivity index (χ3n) is 5.27. The van der Waals surface area contributed by atoms with Crippen molar-refractivity contribution in [1.29, 1.82) is 0 Å². The summed E-state index contributed by atoms with van der Waals surface area (Å²) in [6.45, 7) is 1.40. The zero-order valence-corrected chi connectivity index (χ0v) is 16.8. The molecule has 1 aliphatic rings. The zero-order valence-electron chi connectivity index (χ0n) is 16.8. The Morgan fingerprint density at radius 1 is 1.10 bits per heavy atom. The number of aromatic hydroxyl groups is 2. The molecule has 1 aliphatic heterocycles. The Labute approximate surface area is 174 Å². The van der Waals surface area contributed by atoms with Crippen LogP contribution in [-0.2, 0) is 29.1 Å². The van der Waals surface area contributed by atoms with Crippen molar-refractivity contribution >= 4 is 11.9 Å². The molecule has 8 heteroatoms. The minimum atomic E-state index is -1.17. The van der Waals surface area contributed by atoms with Crippen LogP contribution in [0.5, 0.6) is 11.5 Å². The van der Waals surface area contributed by atoms with E-state index in [1.807, 2.05) is 24.3 Å². The molecule has 0 aliphatic carbocycles. The lowest BCUT2D eigenvalue weighted by Gasteiger charge is -2.23. The molecule has 0 radical (unpaired) electrons. The minimum Gasteiger partial charge on any atom is -0.504 e. The Bertz CT molecular complexity index is 943. The van der Waals surface area contributed by atoms with E-state index in [-0.39, 0.29) is 29.6 Å². The van der Waals surface area contributed by atoms with Crippen LogP contribution in [0.2, 0.25) is 0 Å². The molecule has 3 rings (SSSR count). The SMILES string of the molecule is CC1CCc2cccc(c2)-c2c(cc(CN(CC(=O)O)CC(=O)O)c(O)c2O)CN1. The Morgan fingerprint density at radius 3 is 2.47 bits per heavy atom. The van der Waals surface area contributed by atoms with E-state index in [1.54, 1.807) is 6.07 Å². The Morgan fingerprint density at radius 2 is 1.80 bits per heavy atom. The summed E-state index contributed by atoms with van der Waals surface area (Å²) < 4.78 is 0. The van der Waals surface area contributed by atoms with Crippen molar-refractivity contribution in [2.75, 3.05) is 13.1 Å². The molecule has 1 atom stereocenters. The van der Waals surface area contributed by atoms with Gasteiger partial charge in [-0.3, -0.25) is 14.5 Å². The highest BCUT2D eigenvalue weighted by molar-refractivity contribution is 5.78. The number of nitrogens with one attached hydrogen (secondary N) is 1. The summed E-state index contributed by atoms with van der Waals surface area (Å²) >= 11 is 0. The standard InChI is InChI=1S/C22H26N2O6/c1-13-5-6-14-3-2-4-15(7-14)20-16(9-23-13)8-17(21(29)22(20)30)10-24(11-18(25)26)12-19(27)28/h2-4,7-8,13,23,29-30H,5-6,9-12H2,1H3,(H,25,26)(H,27,28). The lowest BCUT2D eigenvalue weighted by Crippen LogP contribution is -2.34. The average Bonchev–Trinajstić information content (AvgIpc) is 2.67. The highest BCUT2D eigenvalue weighted by Crippen LogP contribution is 2.42. The molecule has 0 fully saturated rings. The number of phenolic OH excluding ortho intramolecular Hbond substituents is 2. The first-order valence-corrected chi connectivity index (χ1v) is 9.80. The van der Waals surface area contributed by atoms with Gasteiger partial charge in [-0.05, 0) is 42.5 Å². The molecular weight excluding hydrogens is 388 g/mol. The first-order chi connectivity index (χ1) is 14.2.